The van der Waals surface area contributed by atoms with Gasteiger partial charge in [0.05, 0.1) is 12.2 Å². The Balaban J connectivity index is 2.39. The van der Waals surface area contributed by atoms with E-state index in [1.54, 1.807) is 13.8 Å². The molecule has 18 heavy (non-hydrogen) atoms. The Kier molecular flexibility index (Phi) is 3.52. The van der Waals surface area contributed by atoms with Gasteiger partial charge in [-0.2, -0.15) is 0 Å². The normalized spacial score (nSPS) is 18.6. The van der Waals surface area contributed by atoms with Crippen molar-refractivity contribution in [2.24, 2.45) is 5.92 Å². The van der Waals surface area contributed by atoms with Crippen molar-refractivity contribution >= 4 is 11.8 Å². The minimum Gasteiger partial charge on any atom is -0.460 e. The number of furan rings is 1. The molecule has 5 nitrogen and oxygen atoms in total. The van der Waals surface area contributed by atoms with Gasteiger partial charge in [0.2, 0.25) is 5.76 Å². The van der Waals surface area contributed by atoms with Gasteiger partial charge in [-0.05, 0) is 19.8 Å². The lowest BCUT2D eigenvalue weighted by Crippen LogP contribution is -2.21. The molecular formula is C13H16O5. The molecule has 1 aliphatic rings. The lowest BCUT2D eigenvalue weighted by molar-refractivity contribution is 0.0485. The molecule has 1 N–H and O–H groups in total. The number of Topliss-reactive ketones (excluding diaryl/α,β-unsaturated/α-hetero) is 1. The van der Waals surface area contributed by atoms with Gasteiger partial charge in [0, 0.05) is 25.0 Å². The number of rotatable bonds is 3. The fourth-order valence-corrected chi connectivity index (χ4v) is 2.30. The van der Waals surface area contributed by atoms with Gasteiger partial charge in [-0.25, -0.2) is 4.79 Å². The van der Waals surface area contributed by atoms with Crippen molar-refractivity contribution in [1.29, 1.82) is 0 Å². The number of fused-ring (bicyclic) bond motifs is 1. The van der Waals surface area contributed by atoms with Gasteiger partial charge in [0.1, 0.15) is 5.76 Å². The van der Waals surface area contributed by atoms with E-state index in [0.29, 0.717) is 29.7 Å². The highest BCUT2D eigenvalue weighted by molar-refractivity contribution is 6.02. The number of hydrogen-bond acceptors (Lipinski definition) is 5. The van der Waals surface area contributed by atoms with Gasteiger partial charge in [0.25, 0.3) is 0 Å². The predicted octanol–water partition coefficient (Wildman–Crippen LogP) is 1.50. The second-order valence-corrected chi connectivity index (χ2v) is 4.45. The third-order valence-electron chi connectivity index (χ3n) is 3.17. The maximum atomic E-state index is 11.9. The Labute approximate surface area is 105 Å². The molecule has 1 heterocycles. The lowest BCUT2D eigenvalue weighted by Gasteiger charge is -2.17. The molecule has 0 saturated heterocycles. The highest BCUT2D eigenvalue weighted by atomic mass is 16.5. The van der Waals surface area contributed by atoms with E-state index in [1.807, 2.05) is 0 Å². The standard InChI is InChI=1S/C13H16O5/c1-3-17-13(16)12-7(2)11-9(15)4-8(6-14)5-10(11)18-12/h8,14H,3-6H2,1-2H3. The van der Waals surface area contributed by atoms with E-state index in [1.165, 1.54) is 0 Å². The average molecular weight is 252 g/mol. The van der Waals surface area contributed by atoms with Crippen LogP contribution >= 0.6 is 0 Å². The largest absolute Gasteiger partial charge is 0.460 e. The molecule has 0 amide bonds. The van der Waals surface area contributed by atoms with Crippen LogP contribution in [0.15, 0.2) is 4.42 Å². The van der Waals surface area contributed by atoms with Gasteiger partial charge >= 0.3 is 5.97 Å². The summed E-state index contributed by atoms with van der Waals surface area (Å²) in [6.07, 6.45) is 0.782. The molecule has 1 aliphatic carbocycles. The molecule has 1 aromatic rings. The van der Waals surface area contributed by atoms with Crippen LogP contribution in [-0.2, 0) is 11.2 Å². The molecule has 1 aromatic heterocycles. The average Bonchev–Trinajstić information content (AvgIpc) is 2.67. The smallest absolute Gasteiger partial charge is 0.374 e. The van der Waals surface area contributed by atoms with Crippen LogP contribution in [0.3, 0.4) is 0 Å². The Hall–Kier alpha value is -1.62. The first kappa shape index (κ1) is 12.8. The number of aliphatic hydroxyl groups is 1. The number of ether oxygens (including phenoxy) is 1. The minimum absolute atomic E-state index is 0.0559. The van der Waals surface area contributed by atoms with E-state index in [-0.39, 0.29) is 30.7 Å². The fraction of sp³-hybridized carbons (Fsp3) is 0.538. The second kappa shape index (κ2) is 4.94. The van der Waals surface area contributed by atoms with E-state index >= 15 is 0 Å². The van der Waals surface area contributed by atoms with Crippen LogP contribution < -0.4 is 0 Å². The molecule has 0 fully saturated rings. The van der Waals surface area contributed by atoms with Crippen LogP contribution in [0.25, 0.3) is 0 Å². The summed E-state index contributed by atoms with van der Waals surface area (Å²) in [5, 5.41) is 9.12. The first-order chi connectivity index (χ1) is 8.58. The lowest BCUT2D eigenvalue weighted by atomic mass is 9.86. The Morgan fingerprint density at radius 2 is 2.22 bits per heavy atom. The number of hydrogen-bond donors (Lipinski definition) is 1. The summed E-state index contributed by atoms with van der Waals surface area (Å²) in [7, 11) is 0. The highest BCUT2D eigenvalue weighted by Gasteiger charge is 2.33. The monoisotopic (exact) mass is 252 g/mol. The van der Waals surface area contributed by atoms with Crippen molar-refractivity contribution in [3.8, 4) is 0 Å². The fourth-order valence-electron chi connectivity index (χ4n) is 2.30. The molecule has 2 rings (SSSR count). The third-order valence-corrected chi connectivity index (χ3v) is 3.17. The summed E-state index contributed by atoms with van der Waals surface area (Å²) in [6.45, 7) is 3.60. The number of aliphatic hydroxyl groups excluding tert-OH is 1. The van der Waals surface area contributed by atoms with Crippen molar-refractivity contribution in [2.45, 2.75) is 26.7 Å². The van der Waals surface area contributed by atoms with Gasteiger partial charge in [-0.15, -0.1) is 0 Å². The van der Waals surface area contributed by atoms with E-state index < -0.39 is 5.97 Å². The molecule has 0 spiro atoms. The Morgan fingerprint density at radius 1 is 1.50 bits per heavy atom. The SMILES string of the molecule is CCOC(=O)c1oc2c(c1C)C(=O)CC(CO)C2. The van der Waals surface area contributed by atoms with Gasteiger partial charge in [-0.3, -0.25) is 4.79 Å². The number of carbonyl (C=O) groups excluding carboxylic acids is 2. The maximum Gasteiger partial charge on any atom is 0.374 e. The number of esters is 1. The van der Waals surface area contributed by atoms with E-state index in [2.05, 4.69) is 0 Å². The molecule has 0 aliphatic heterocycles. The molecule has 0 saturated carbocycles. The molecule has 5 heteroatoms. The zero-order valence-electron chi connectivity index (χ0n) is 10.5. The molecule has 0 bridgehead atoms. The van der Waals surface area contributed by atoms with Crippen LogP contribution in [0.4, 0.5) is 0 Å². The molecule has 98 valence electrons. The van der Waals surface area contributed by atoms with Crippen LogP contribution in [0.2, 0.25) is 0 Å². The molecule has 0 radical (unpaired) electrons. The predicted molar refractivity (Wildman–Crippen MR) is 62.6 cm³/mol. The summed E-state index contributed by atoms with van der Waals surface area (Å²) >= 11 is 0. The van der Waals surface area contributed by atoms with Crippen molar-refractivity contribution in [3.63, 3.8) is 0 Å². The van der Waals surface area contributed by atoms with Crippen molar-refractivity contribution in [3.05, 3.63) is 22.6 Å². The summed E-state index contributed by atoms with van der Waals surface area (Å²) < 4.78 is 10.3. The Morgan fingerprint density at radius 3 is 2.83 bits per heavy atom. The van der Waals surface area contributed by atoms with Gasteiger partial charge in [0.15, 0.2) is 5.78 Å². The van der Waals surface area contributed by atoms with Crippen LogP contribution in [0.5, 0.6) is 0 Å². The first-order valence-corrected chi connectivity index (χ1v) is 6.01. The zero-order valence-corrected chi connectivity index (χ0v) is 10.5. The molecule has 0 aromatic carbocycles. The van der Waals surface area contributed by atoms with Crippen LogP contribution in [-0.4, -0.2) is 30.1 Å². The number of ketones is 1. The zero-order chi connectivity index (χ0) is 13.3. The summed E-state index contributed by atoms with van der Waals surface area (Å²) in [5.74, 6) is -0.143. The third kappa shape index (κ3) is 2.06. The number of carbonyl (C=O) groups is 2. The molecule has 1 unspecified atom stereocenters. The summed E-state index contributed by atoms with van der Waals surface area (Å²) in [5.41, 5.74) is 1.03. The van der Waals surface area contributed by atoms with E-state index in [9.17, 15) is 9.59 Å². The molecule has 1 atom stereocenters. The summed E-state index contributed by atoms with van der Waals surface area (Å²) in [6, 6.07) is 0. The molecular weight excluding hydrogens is 236 g/mol. The second-order valence-electron chi connectivity index (χ2n) is 4.45. The topological polar surface area (TPSA) is 76.7 Å². The van der Waals surface area contributed by atoms with Crippen molar-refractivity contribution < 1.29 is 23.8 Å². The van der Waals surface area contributed by atoms with Crippen LogP contribution in [0.1, 0.15) is 45.6 Å². The van der Waals surface area contributed by atoms with Gasteiger partial charge in [-0.1, -0.05) is 0 Å². The van der Waals surface area contributed by atoms with Crippen LogP contribution in [0, 0.1) is 12.8 Å². The quantitative estimate of drug-likeness (QED) is 0.825. The first-order valence-electron chi connectivity index (χ1n) is 6.01. The highest BCUT2D eigenvalue weighted by Crippen LogP contribution is 2.32. The van der Waals surface area contributed by atoms with E-state index in [4.69, 9.17) is 14.3 Å². The maximum absolute atomic E-state index is 11.9. The van der Waals surface area contributed by atoms with Gasteiger partial charge < -0.3 is 14.3 Å². The van der Waals surface area contributed by atoms with Crippen molar-refractivity contribution in [1.82, 2.24) is 0 Å². The minimum atomic E-state index is -0.544. The van der Waals surface area contributed by atoms with Crippen molar-refractivity contribution in [2.75, 3.05) is 13.2 Å². The van der Waals surface area contributed by atoms with E-state index in [0.717, 1.165) is 0 Å². The Bertz CT molecular complexity index is 486. The summed E-state index contributed by atoms with van der Waals surface area (Å²) in [4.78, 5) is 23.6.